The van der Waals surface area contributed by atoms with Crippen LogP contribution in [-0.2, 0) is 14.6 Å². The lowest BCUT2D eigenvalue weighted by Crippen LogP contribution is -2.52. The van der Waals surface area contributed by atoms with E-state index in [9.17, 15) is 13.2 Å². The zero-order chi connectivity index (χ0) is 18.1. The Bertz CT molecular complexity index is 906. The number of anilines is 1. The maximum Gasteiger partial charge on any atom is 0.238 e. The molecule has 2 saturated heterocycles. The highest BCUT2D eigenvalue weighted by molar-refractivity contribution is 7.91. The van der Waals surface area contributed by atoms with Crippen molar-refractivity contribution >= 4 is 44.2 Å². The van der Waals surface area contributed by atoms with Crippen LogP contribution in [0.2, 0.25) is 0 Å². The molecule has 0 saturated carbocycles. The molecule has 1 N–H and O–H groups in total. The van der Waals surface area contributed by atoms with E-state index in [2.05, 4.69) is 23.9 Å². The highest BCUT2D eigenvalue weighted by Gasteiger charge is 2.33. The quantitative estimate of drug-likeness (QED) is 0.802. The standard InChI is InChI=1S/C16H21N5O3S2/c22-15(17-13-2-1-3-14-16(13)19-25-18-14)10-20-5-7-21(8-6-20)12-4-9-26(23,24)11-12/h1-3,12H,4-11H2,(H,17,22)/t12-/m0/s1. The lowest BCUT2D eigenvalue weighted by molar-refractivity contribution is -0.117. The Morgan fingerprint density at radius 3 is 2.77 bits per heavy atom. The molecule has 0 aliphatic carbocycles. The van der Waals surface area contributed by atoms with Crippen molar-refractivity contribution in [1.29, 1.82) is 0 Å². The Kier molecular flexibility index (Phi) is 4.91. The van der Waals surface area contributed by atoms with Crippen molar-refractivity contribution in [1.82, 2.24) is 18.5 Å². The summed E-state index contributed by atoms with van der Waals surface area (Å²) >= 11 is 1.13. The van der Waals surface area contributed by atoms with Crippen LogP contribution in [0.3, 0.4) is 0 Å². The van der Waals surface area contributed by atoms with Crippen LogP contribution in [-0.4, -0.2) is 83.1 Å². The molecule has 10 heteroatoms. The van der Waals surface area contributed by atoms with E-state index < -0.39 is 9.84 Å². The smallest absolute Gasteiger partial charge is 0.238 e. The van der Waals surface area contributed by atoms with E-state index in [1.54, 1.807) is 0 Å². The molecule has 1 amide bonds. The van der Waals surface area contributed by atoms with Gasteiger partial charge in [-0.2, -0.15) is 8.75 Å². The number of carbonyl (C=O) groups is 1. The number of hydrogen-bond acceptors (Lipinski definition) is 8. The van der Waals surface area contributed by atoms with Crippen LogP contribution in [0.4, 0.5) is 5.69 Å². The van der Waals surface area contributed by atoms with Gasteiger partial charge in [0, 0.05) is 32.2 Å². The van der Waals surface area contributed by atoms with Crippen molar-refractivity contribution in [3.05, 3.63) is 18.2 Å². The first kappa shape index (κ1) is 17.8. The summed E-state index contributed by atoms with van der Waals surface area (Å²) in [6.45, 7) is 3.47. The van der Waals surface area contributed by atoms with Gasteiger partial charge in [0.15, 0.2) is 9.84 Å². The van der Waals surface area contributed by atoms with Gasteiger partial charge in [0.25, 0.3) is 0 Å². The van der Waals surface area contributed by atoms with Crippen molar-refractivity contribution in [3.8, 4) is 0 Å². The number of benzene rings is 1. The van der Waals surface area contributed by atoms with Gasteiger partial charge in [0.2, 0.25) is 5.91 Å². The van der Waals surface area contributed by atoms with E-state index in [4.69, 9.17) is 0 Å². The van der Waals surface area contributed by atoms with Crippen molar-refractivity contribution in [2.75, 3.05) is 49.5 Å². The second-order valence-electron chi connectivity index (χ2n) is 6.85. The minimum Gasteiger partial charge on any atom is -0.323 e. The molecule has 0 bridgehead atoms. The summed E-state index contributed by atoms with van der Waals surface area (Å²) in [4.78, 5) is 16.7. The Morgan fingerprint density at radius 2 is 2.04 bits per heavy atom. The highest BCUT2D eigenvalue weighted by Crippen LogP contribution is 2.21. The molecule has 0 unspecified atom stereocenters. The summed E-state index contributed by atoms with van der Waals surface area (Å²) in [5.41, 5.74) is 2.20. The second-order valence-corrected chi connectivity index (χ2v) is 9.61. The number of carbonyl (C=O) groups excluding carboxylic acids is 1. The van der Waals surface area contributed by atoms with Crippen molar-refractivity contribution < 1.29 is 13.2 Å². The van der Waals surface area contributed by atoms with Gasteiger partial charge in [-0.05, 0) is 18.6 Å². The van der Waals surface area contributed by atoms with E-state index in [1.165, 1.54) is 0 Å². The topological polar surface area (TPSA) is 95.5 Å². The third-order valence-corrected chi connectivity index (χ3v) is 7.35. The van der Waals surface area contributed by atoms with Crippen molar-refractivity contribution in [2.24, 2.45) is 0 Å². The molecule has 3 heterocycles. The molecule has 2 aliphatic heterocycles. The van der Waals surface area contributed by atoms with Crippen molar-refractivity contribution in [2.45, 2.75) is 12.5 Å². The molecule has 1 aromatic carbocycles. The summed E-state index contributed by atoms with van der Waals surface area (Å²) in [6, 6.07) is 5.70. The summed E-state index contributed by atoms with van der Waals surface area (Å²) in [5.74, 6) is 0.513. The Balaban J connectivity index is 1.29. The molecular formula is C16H21N5O3S2. The van der Waals surface area contributed by atoms with Gasteiger partial charge < -0.3 is 5.32 Å². The molecule has 26 heavy (non-hydrogen) atoms. The molecular weight excluding hydrogens is 374 g/mol. The van der Waals surface area contributed by atoms with Gasteiger partial charge in [0.1, 0.15) is 11.0 Å². The first-order valence-electron chi connectivity index (χ1n) is 8.68. The summed E-state index contributed by atoms with van der Waals surface area (Å²) < 4.78 is 31.7. The number of amides is 1. The van der Waals surface area contributed by atoms with Gasteiger partial charge in [-0.1, -0.05) is 6.07 Å². The molecule has 4 rings (SSSR count). The van der Waals surface area contributed by atoms with E-state index in [0.29, 0.717) is 18.0 Å². The predicted molar refractivity (Wildman–Crippen MR) is 101 cm³/mol. The molecule has 0 radical (unpaired) electrons. The fraction of sp³-hybridized carbons (Fsp3) is 0.562. The highest BCUT2D eigenvalue weighted by atomic mass is 32.2. The van der Waals surface area contributed by atoms with E-state index in [1.807, 2.05) is 18.2 Å². The summed E-state index contributed by atoms with van der Waals surface area (Å²) in [5, 5.41) is 2.93. The van der Waals surface area contributed by atoms with Crippen LogP contribution in [0, 0.1) is 0 Å². The molecule has 1 atom stereocenters. The molecule has 2 aromatic rings. The van der Waals surface area contributed by atoms with Gasteiger partial charge in [-0.25, -0.2) is 8.42 Å². The van der Waals surface area contributed by atoms with Gasteiger partial charge in [-0.15, -0.1) is 0 Å². The van der Waals surface area contributed by atoms with E-state index in [0.717, 1.165) is 55.4 Å². The fourth-order valence-electron chi connectivity index (χ4n) is 3.65. The first-order chi connectivity index (χ1) is 12.5. The lowest BCUT2D eigenvalue weighted by atomic mass is 10.2. The summed E-state index contributed by atoms with van der Waals surface area (Å²) in [7, 11) is -2.85. The largest absolute Gasteiger partial charge is 0.323 e. The first-order valence-corrected chi connectivity index (χ1v) is 11.2. The minimum atomic E-state index is -2.85. The Labute approximate surface area is 156 Å². The third-order valence-electron chi connectivity index (χ3n) is 5.06. The molecule has 8 nitrogen and oxygen atoms in total. The fourth-order valence-corrected chi connectivity index (χ4v) is 5.96. The Morgan fingerprint density at radius 1 is 1.23 bits per heavy atom. The second kappa shape index (κ2) is 7.18. The molecule has 0 spiro atoms. The van der Waals surface area contributed by atoms with Gasteiger partial charge >= 0.3 is 0 Å². The lowest BCUT2D eigenvalue weighted by Gasteiger charge is -2.37. The van der Waals surface area contributed by atoms with Crippen LogP contribution >= 0.6 is 11.7 Å². The average Bonchev–Trinajstić information content (AvgIpc) is 3.22. The molecule has 1 aromatic heterocycles. The van der Waals surface area contributed by atoms with Gasteiger partial charge in [-0.3, -0.25) is 14.6 Å². The maximum absolute atomic E-state index is 12.4. The molecule has 140 valence electrons. The van der Waals surface area contributed by atoms with Crippen LogP contribution in [0.15, 0.2) is 18.2 Å². The average molecular weight is 396 g/mol. The van der Waals surface area contributed by atoms with E-state index >= 15 is 0 Å². The molecule has 2 fully saturated rings. The minimum absolute atomic E-state index is 0.0672. The summed E-state index contributed by atoms with van der Waals surface area (Å²) in [6.07, 6.45) is 0.731. The number of sulfone groups is 1. The number of rotatable bonds is 4. The third kappa shape index (κ3) is 3.88. The number of piperazine rings is 1. The van der Waals surface area contributed by atoms with Crippen molar-refractivity contribution in [3.63, 3.8) is 0 Å². The maximum atomic E-state index is 12.4. The molecule has 2 aliphatic rings. The van der Waals surface area contributed by atoms with Gasteiger partial charge in [0.05, 0.1) is 35.5 Å². The zero-order valence-electron chi connectivity index (χ0n) is 14.3. The Hall–Kier alpha value is -1.62. The van der Waals surface area contributed by atoms with Crippen LogP contribution < -0.4 is 5.32 Å². The van der Waals surface area contributed by atoms with Crippen LogP contribution in [0.1, 0.15) is 6.42 Å². The SMILES string of the molecule is O=C(CN1CCN([C@H]2CCS(=O)(=O)C2)CC1)Nc1cccc2nsnc12. The number of hydrogen-bond donors (Lipinski definition) is 1. The van der Waals surface area contributed by atoms with Crippen LogP contribution in [0.25, 0.3) is 11.0 Å². The van der Waals surface area contributed by atoms with Crippen LogP contribution in [0.5, 0.6) is 0 Å². The normalized spacial score (nSPS) is 24.1. The number of fused-ring (bicyclic) bond motifs is 1. The number of nitrogens with zero attached hydrogens (tertiary/aromatic N) is 4. The zero-order valence-corrected chi connectivity index (χ0v) is 15.9. The van der Waals surface area contributed by atoms with E-state index in [-0.39, 0.29) is 17.7 Å². The predicted octanol–water partition coefficient (Wildman–Crippen LogP) is 0.435. The monoisotopic (exact) mass is 395 g/mol. The number of aromatic nitrogens is 2. The number of nitrogens with one attached hydrogen (secondary N) is 1.